The van der Waals surface area contributed by atoms with Crippen molar-refractivity contribution < 1.29 is 29.1 Å². The van der Waals surface area contributed by atoms with Gasteiger partial charge in [0, 0.05) is 10.8 Å². The molecule has 0 saturated carbocycles. The fourth-order valence-electron chi connectivity index (χ4n) is 4.71. The highest BCUT2D eigenvalue weighted by Crippen LogP contribution is 2.44. The van der Waals surface area contributed by atoms with Gasteiger partial charge in [0.25, 0.3) is 0 Å². The predicted octanol–water partition coefficient (Wildman–Crippen LogP) is 10.4. The zero-order chi connectivity index (χ0) is 40.0. The molecule has 0 radical (unpaired) electrons. The summed E-state index contributed by atoms with van der Waals surface area (Å²) in [5, 5.41) is -2.14. The first-order valence-electron chi connectivity index (χ1n) is 20.2. The lowest BCUT2D eigenvalue weighted by atomic mass is 9.85. The van der Waals surface area contributed by atoms with E-state index in [1.165, 1.54) is 0 Å². The van der Waals surface area contributed by atoms with Crippen molar-refractivity contribution in [1.29, 1.82) is 0 Å². The van der Waals surface area contributed by atoms with Crippen LogP contribution in [0.2, 0.25) is 0 Å². The van der Waals surface area contributed by atoms with Gasteiger partial charge in [-0.2, -0.15) is 0 Å². The highest BCUT2D eigenvalue weighted by molar-refractivity contribution is 6.22. The van der Waals surface area contributed by atoms with Crippen molar-refractivity contribution in [3.63, 3.8) is 0 Å². The fraction of sp³-hybridized carbons (Fsp3) is 0. The SMILES string of the molecule is [2H]c1c([2H])c([2H])c(-c2c3c([2H])c([2H])c([2H])c([2H])c3c(-c3c([2H])c([2H])c4c([2H])c5c(oc6ccccc65)c([2H])c4c3[2H])c3c([2H])c([2H])c([2H])c([2H])c23)c([2H])c1[2H]. The van der Waals surface area contributed by atoms with Crippen LogP contribution in [0.4, 0.5) is 0 Å². The Kier molecular flexibility index (Phi) is 2.01. The monoisotopic (exact) mass is 488 g/mol. The first-order valence-corrected chi connectivity index (χ1v) is 11.2. The minimum absolute atomic E-state index is 0.106. The first kappa shape index (κ1) is 9.53. The average Bonchev–Trinajstić information content (AvgIpc) is 3.57. The molecule has 0 atom stereocenters. The average molecular weight is 489 g/mol. The third-order valence-corrected chi connectivity index (χ3v) is 6.27. The van der Waals surface area contributed by atoms with Gasteiger partial charge in [-0.25, -0.2) is 0 Å². The number of fused-ring (bicyclic) bond motifs is 6. The molecule has 0 aliphatic rings. The molecule has 0 fully saturated rings. The highest BCUT2D eigenvalue weighted by Gasteiger charge is 2.17. The van der Waals surface area contributed by atoms with Gasteiger partial charge in [0.05, 0.1) is 24.7 Å². The van der Waals surface area contributed by atoms with E-state index in [0.29, 0.717) is 11.0 Å². The Hall–Kier alpha value is -4.88. The lowest BCUT2D eigenvalue weighted by Crippen LogP contribution is -1.90. The van der Waals surface area contributed by atoms with Crippen LogP contribution in [0, 0.1) is 0 Å². The van der Waals surface area contributed by atoms with Crippen LogP contribution >= 0.6 is 0 Å². The summed E-state index contributed by atoms with van der Waals surface area (Å²) in [6.45, 7) is 0. The van der Waals surface area contributed by atoms with Gasteiger partial charge in [-0.05, 0) is 78.8 Å². The molecule has 37 heavy (non-hydrogen) atoms. The Morgan fingerprint density at radius 3 is 1.76 bits per heavy atom. The molecule has 0 amide bonds. The van der Waals surface area contributed by atoms with Crippen molar-refractivity contribution in [2.75, 3.05) is 0 Å². The maximum atomic E-state index is 9.56. The van der Waals surface area contributed by atoms with Crippen molar-refractivity contribution in [3.05, 3.63) is 133 Å². The Balaban J connectivity index is 1.74. The minimum Gasteiger partial charge on any atom is -0.456 e. The number of hydrogen-bond acceptors (Lipinski definition) is 1. The summed E-state index contributed by atoms with van der Waals surface area (Å²) in [7, 11) is 0. The second-order valence-corrected chi connectivity index (χ2v) is 8.30. The standard InChI is InChI=1S/C36H22O/c1-2-10-23(11-3-1)35-28-13-4-6-15-30(28)36(31-16-7-5-14-29(31)35)25-19-18-24-21-32-27-12-8-9-17-33(27)37-34(32)22-26(24)20-25/h1-22H/i1D,2D,3D,4D,5D,6D,7D,10D,11D,13D,14D,15D,16D,18D,19D,20D,21D,22D. The fourth-order valence-corrected chi connectivity index (χ4v) is 4.71. The second-order valence-electron chi connectivity index (χ2n) is 8.30. The number of hydrogen-bond donors (Lipinski definition) is 0. The minimum atomic E-state index is -0.839. The molecule has 0 bridgehead atoms. The van der Waals surface area contributed by atoms with Crippen LogP contribution in [0.1, 0.15) is 24.7 Å². The van der Waals surface area contributed by atoms with Gasteiger partial charge in [-0.1, -0.05) is 109 Å². The van der Waals surface area contributed by atoms with Gasteiger partial charge in [0.2, 0.25) is 0 Å². The topological polar surface area (TPSA) is 13.1 Å². The Morgan fingerprint density at radius 2 is 1.05 bits per heavy atom. The third kappa shape index (κ3) is 3.04. The molecule has 172 valence electrons. The summed E-state index contributed by atoms with van der Waals surface area (Å²) in [4.78, 5) is 0. The van der Waals surface area contributed by atoms with Gasteiger partial charge in [-0.15, -0.1) is 0 Å². The van der Waals surface area contributed by atoms with E-state index in [2.05, 4.69) is 0 Å². The molecular formula is C36H22O. The van der Waals surface area contributed by atoms with Crippen LogP contribution in [-0.2, 0) is 0 Å². The Morgan fingerprint density at radius 1 is 0.432 bits per heavy atom. The molecule has 0 spiro atoms. The largest absolute Gasteiger partial charge is 0.456 e. The summed E-state index contributed by atoms with van der Waals surface area (Å²) >= 11 is 0. The number of furan rings is 1. The summed E-state index contributed by atoms with van der Waals surface area (Å²) in [6, 6.07) is -7.00. The first-order chi connectivity index (χ1) is 25.9. The van der Waals surface area contributed by atoms with E-state index in [4.69, 9.17) is 23.6 Å². The van der Waals surface area contributed by atoms with E-state index in [-0.39, 0.29) is 27.8 Å². The molecule has 8 aromatic rings. The van der Waals surface area contributed by atoms with Crippen molar-refractivity contribution in [1.82, 2.24) is 0 Å². The van der Waals surface area contributed by atoms with Crippen LogP contribution < -0.4 is 0 Å². The molecule has 7 aromatic carbocycles. The van der Waals surface area contributed by atoms with Crippen molar-refractivity contribution >= 4 is 54.3 Å². The number of benzene rings is 7. The van der Waals surface area contributed by atoms with Crippen molar-refractivity contribution in [2.24, 2.45) is 0 Å². The Labute approximate surface area is 239 Å². The molecule has 0 N–H and O–H groups in total. The van der Waals surface area contributed by atoms with E-state index in [0.717, 1.165) is 0 Å². The van der Waals surface area contributed by atoms with E-state index in [1.807, 2.05) is 0 Å². The van der Waals surface area contributed by atoms with Gasteiger partial charge in [0.1, 0.15) is 11.2 Å². The Bertz CT molecular complexity index is 3020. The highest BCUT2D eigenvalue weighted by atomic mass is 16.3. The molecule has 1 heteroatoms. The van der Waals surface area contributed by atoms with Crippen LogP contribution in [0.25, 0.3) is 76.5 Å². The maximum Gasteiger partial charge on any atom is 0.136 e. The van der Waals surface area contributed by atoms with E-state index >= 15 is 0 Å². The lowest BCUT2D eigenvalue weighted by molar-refractivity contribution is 0.669. The summed E-state index contributed by atoms with van der Waals surface area (Å²) < 4.78 is 166. The van der Waals surface area contributed by atoms with Crippen LogP contribution in [-0.4, -0.2) is 0 Å². The van der Waals surface area contributed by atoms with Crippen molar-refractivity contribution in [3.8, 4) is 22.3 Å². The molecule has 0 aliphatic carbocycles. The molecule has 1 heterocycles. The summed E-state index contributed by atoms with van der Waals surface area (Å²) in [6.07, 6.45) is 0. The normalized spacial score (nSPS) is 18.6. The van der Waals surface area contributed by atoms with Gasteiger partial charge < -0.3 is 4.42 Å². The molecule has 0 saturated heterocycles. The van der Waals surface area contributed by atoms with E-state index in [9.17, 15) is 5.48 Å². The molecule has 1 nitrogen and oxygen atoms in total. The second kappa shape index (κ2) is 7.81. The molecule has 0 aliphatic heterocycles. The van der Waals surface area contributed by atoms with Crippen LogP contribution in [0.15, 0.2) is 137 Å². The van der Waals surface area contributed by atoms with Gasteiger partial charge >= 0.3 is 0 Å². The predicted molar refractivity (Wildman–Crippen MR) is 157 cm³/mol. The maximum absolute atomic E-state index is 9.56. The van der Waals surface area contributed by atoms with Crippen LogP contribution in [0.3, 0.4) is 0 Å². The van der Waals surface area contributed by atoms with Gasteiger partial charge in [-0.3, -0.25) is 0 Å². The van der Waals surface area contributed by atoms with Crippen molar-refractivity contribution in [2.45, 2.75) is 0 Å². The molecule has 8 rings (SSSR count). The van der Waals surface area contributed by atoms with E-state index < -0.39 is 147 Å². The van der Waals surface area contributed by atoms with E-state index in [1.54, 1.807) is 24.3 Å². The number of para-hydroxylation sites is 1. The lowest BCUT2D eigenvalue weighted by Gasteiger charge is -2.18. The summed E-state index contributed by atoms with van der Waals surface area (Å²) in [5.41, 5.74) is -2.04. The van der Waals surface area contributed by atoms with Crippen LogP contribution in [0.5, 0.6) is 0 Å². The quantitative estimate of drug-likeness (QED) is 0.221. The molecule has 0 unspecified atom stereocenters. The zero-order valence-corrected chi connectivity index (χ0v) is 18.7. The molecule has 1 aromatic heterocycles. The smallest absolute Gasteiger partial charge is 0.136 e. The molecular weight excluding hydrogens is 448 g/mol. The number of rotatable bonds is 2. The third-order valence-electron chi connectivity index (χ3n) is 6.27. The zero-order valence-electron chi connectivity index (χ0n) is 36.7. The summed E-state index contributed by atoms with van der Waals surface area (Å²) in [5.74, 6) is 0. The van der Waals surface area contributed by atoms with Gasteiger partial charge in [0.15, 0.2) is 0 Å².